The molecule has 0 aromatic carbocycles. The van der Waals surface area contributed by atoms with Crippen molar-refractivity contribution in [3.8, 4) is 0 Å². The van der Waals surface area contributed by atoms with Crippen LogP contribution >= 0.6 is 11.3 Å². The molecule has 0 amide bonds. The third kappa shape index (κ3) is 6.03. The quantitative estimate of drug-likeness (QED) is 0.738. The zero-order valence-corrected chi connectivity index (χ0v) is 12.7. The molecule has 19 heavy (non-hydrogen) atoms. The van der Waals surface area contributed by atoms with Crippen LogP contribution in [0.3, 0.4) is 0 Å². The highest BCUT2D eigenvalue weighted by Gasteiger charge is 2.09. The number of carbonyl (C=O) groups is 1. The molecule has 1 aromatic heterocycles. The van der Waals surface area contributed by atoms with Gasteiger partial charge in [0, 0.05) is 24.0 Å². The summed E-state index contributed by atoms with van der Waals surface area (Å²) in [6.07, 6.45) is 4.03. The lowest BCUT2D eigenvalue weighted by molar-refractivity contribution is -0.131. The van der Waals surface area contributed by atoms with Crippen molar-refractivity contribution in [3.63, 3.8) is 0 Å². The molecule has 0 bridgehead atoms. The maximum Gasteiger partial charge on any atom is 0.328 e. The fourth-order valence-corrected chi connectivity index (χ4v) is 2.73. The summed E-state index contributed by atoms with van der Waals surface area (Å²) in [7, 11) is 0. The molecule has 0 aliphatic carbocycles. The molecule has 106 valence electrons. The van der Waals surface area contributed by atoms with Gasteiger partial charge in [-0.25, -0.2) is 4.79 Å². The molecule has 0 saturated carbocycles. The molecular weight excluding hydrogens is 258 g/mol. The average Bonchev–Trinajstić information content (AvgIpc) is 2.83. The van der Waals surface area contributed by atoms with E-state index in [9.17, 15) is 4.79 Å². The summed E-state index contributed by atoms with van der Waals surface area (Å²) in [5.41, 5.74) is 0.974. The molecule has 0 saturated heterocycles. The van der Waals surface area contributed by atoms with Crippen LogP contribution in [0.15, 0.2) is 17.5 Å². The van der Waals surface area contributed by atoms with Crippen molar-refractivity contribution in [1.82, 2.24) is 4.90 Å². The second kappa shape index (κ2) is 8.12. The van der Waals surface area contributed by atoms with Gasteiger partial charge in [-0.15, -0.1) is 11.3 Å². The molecule has 0 aliphatic heterocycles. The second-order valence-corrected chi connectivity index (χ2v) is 5.85. The van der Waals surface area contributed by atoms with Gasteiger partial charge in [0.25, 0.3) is 0 Å². The molecule has 0 fully saturated rings. The van der Waals surface area contributed by atoms with Gasteiger partial charge in [0.1, 0.15) is 0 Å². The fraction of sp³-hybridized carbons (Fsp3) is 0.533. The lowest BCUT2D eigenvalue weighted by Crippen LogP contribution is -2.27. The van der Waals surface area contributed by atoms with Crippen LogP contribution in [-0.2, 0) is 11.3 Å². The van der Waals surface area contributed by atoms with Gasteiger partial charge in [0.2, 0.25) is 0 Å². The smallest absolute Gasteiger partial charge is 0.328 e. The first kappa shape index (κ1) is 15.9. The van der Waals surface area contributed by atoms with Gasteiger partial charge in [-0.1, -0.05) is 27.2 Å². The lowest BCUT2D eigenvalue weighted by Gasteiger charge is -2.22. The van der Waals surface area contributed by atoms with E-state index >= 15 is 0 Å². The van der Waals surface area contributed by atoms with E-state index < -0.39 is 5.97 Å². The third-order valence-electron chi connectivity index (χ3n) is 3.19. The Morgan fingerprint density at radius 2 is 2.26 bits per heavy atom. The zero-order valence-electron chi connectivity index (χ0n) is 11.9. The maximum absolute atomic E-state index is 10.5. The topological polar surface area (TPSA) is 40.5 Å². The molecular formula is C15H23NO2S. The van der Waals surface area contributed by atoms with Gasteiger partial charge in [0.15, 0.2) is 0 Å². The molecule has 1 atom stereocenters. The Kier molecular flexibility index (Phi) is 6.81. The van der Waals surface area contributed by atoms with Crippen LogP contribution < -0.4 is 0 Å². The van der Waals surface area contributed by atoms with Gasteiger partial charge in [-0.05, 0) is 35.5 Å². The summed E-state index contributed by atoms with van der Waals surface area (Å²) in [6.45, 7) is 9.79. The molecule has 0 spiro atoms. The lowest BCUT2D eigenvalue weighted by atomic mass is 10.1. The highest BCUT2D eigenvalue weighted by atomic mass is 32.1. The standard InChI is InChI=1S/C15H23NO2S/c1-4-12(3)9-16(5-2)10-14-8-13(11-19-14)6-7-15(17)18/h6-8,11-12H,4-5,9-10H2,1-3H3,(H,17,18). The van der Waals surface area contributed by atoms with Crippen molar-refractivity contribution >= 4 is 23.4 Å². The van der Waals surface area contributed by atoms with E-state index in [0.29, 0.717) is 5.92 Å². The largest absolute Gasteiger partial charge is 0.478 e. The van der Waals surface area contributed by atoms with E-state index in [1.54, 1.807) is 17.4 Å². The van der Waals surface area contributed by atoms with Crippen LogP contribution in [0.25, 0.3) is 6.08 Å². The molecule has 4 heteroatoms. The first-order chi connectivity index (χ1) is 9.05. The van der Waals surface area contributed by atoms with E-state index in [1.807, 2.05) is 5.38 Å². The minimum absolute atomic E-state index is 0.714. The van der Waals surface area contributed by atoms with Crippen LogP contribution in [0.5, 0.6) is 0 Å². The Morgan fingerprint density at radius 1 is 1.53 bits per heavy atom. The summed E-state index contributed by atoms with van der Waals surface area (Å²) < 4.78 is 0. The number of hydrogen-bond acceptors (Lipinski definition) is 3. The van der Waals surface area contributed by atoms with Crippen molar-refractivity contribution in [2.24, 2.45) is 5.92 Å². The summed E-state index contributed by atoms with van der Waals surface area (Å²) in [5.74, 6) is -0.189. The van der Waals surface area contributed by atoms with Gasteiger partial charge in [-0.3, -0.25) is 4.90 Å². The molecule has 1 unspecified atom stereocenters. The fourth-order valence-electron chi connectivity index (χ4n) is 1.83. The number of hydrogen-bond donors (Lipinski definition) is 1. The Morgan fingerprint density at radius 3 is 2.84 bits per heavy atom. The zero-order chi connectivity index (χ0) is 14.3. The first-order valence-corrected chi connectivity index (χ1v) is 7.63. The molecule has 0 radical (unpaired) electrons. The summed E-state index contributed by atoms with van der Waals surface area (Å²) in [6, 6.07) is 2.07. The average molecular weight is 281 g/mol. The van der Waals surface area contributed by atoms with Crippen LogP contribution in [-0.4, -0.2) is 29.1 Å². The van der Waals surface area contributed by atoms with Crippen LogP contribution in [0.2, 0.25) is 0 Å². The predicted molar refractivity (Wildman–Crippen MR) is 81.4 cm³/mol. The number of carboxylic acid groups (broad SMARTS) is 1. The summed E-state index contributed by atoms with van der Waals surface area (Å²) in [5, 5.41) is 10.6. The predicted octanol–water partition coefficient (Wildman–Crippen LogP) is 3.71. The third-order valence-corrected chi connectivity index (χ3v) is 4.13. The summed E-state index contributed by atoms with van der Waals surface area (Å²) in [4.78, 5) is 14.2. The maximum atomic E-state index is 10.5. The number of thiophene rings is 1. The molecule has 1 N–H and O–H groups in total. The SMILES string of the molecule is CCC(C)CN(CC)Cc1cc(C=CC(=O)O)cs1. The summed E-state index contributed by atoms with van der Waals surface area (Å²) >= 11 is 1.69. The number of carboxylic acids is 1. The molecule has 0 aliphatic rings. The minimum atomic E-state index is -0.903. The van der Waals surface area contributed by atoms with Gasteiger partial charge in [-0.2, -0.15) is 0 Å². The Bertz CT molecular complexity index is 426. The highest BCUT2D eigenvalue weighted by molar-refractivity contribution is 7.10. The van der Waals surface area contributed by atoms with Crippen molar-refractivity contribution in [2.45, 2.75) is 33.7 Å². The molecule has 1 heterocycles. The Labute approximate surface area is 119 Å². The van der Waals surface area contributed by atoms with Gasteiger partial charge in [0.05, 0.1) is 0 Å². The van der Waals surface area contributed by atoms with Crippen LogP contribution in [0, 0.1) is 5.92 Å². The van der Waals surface area contributed by atoms with Crippen molar-refractivity contribution < 1.29 is 9.90 Å². The van der Waals surface area contributed by atoms with Crippen molar-refractivity contribution in [1.29, 1.82) is 0 Å². The van der Waals surface area contributed by atoms with Gasteiger partial charge >= 0.3 is 5.97 Å². The molecule has 1 aromatic rings. The number of aliphatic carboxylic acids is 1. The van der Waals surface area contributed by atoms with Gasteiger partial charge < -0.3 is 5.11 Å². The molecule has 1 rings (SSSR count). The van der Waals surface area contributed by atoms with Crippen LogP contribution in [0.1, 0.15) is 37.6 Å². The minimum Gasteiger partial charge on any atom is -0.478 e. The van der Waals surface area contributed by atoms with E-state index in [0.717, 1.165) is 25.2 Å². The van der Waals surface area contributed by atoms with E-state index in [-0.39, 0.29) is 0 Å². The van der Waals surface area contributed by atoms with E-state index in [1.165, 1.54) is 17.4 Å². The first-order valence-electron chi connectivity index (χ1n) is 6.75. The van der Waals surface area contributed by atoms with E-state index in [2.05, 4.69) is 31.7 Å². The van der Waals surface area contributed by atoms with E-state index in [4.69, 9.17) is 5.11 Å². The van der Waals surface area contributed by atoms with Crippen molar-refractivity contribution in [3.05, 3.63) is 28.0 Å². The normalized spacial score (nSPS) is 13.3. The Hall–Kier alpha value is -1.13. The van der Waals surface area contributed by atoms with Crippen LogP contribution in [0.4, 0.5) is 0 Å². The number of nitrogens with zero attached hydrogens (tertiary/aromatic N) is 1. The molecule has 3 nitrogen and oxygen atoms in total. The Balaban J connectivity index is 2.58. The second-order valence-electron chi connectivity index (χ2n) is 4.86. The number of rotatable bonds is 8. The monoisotopic (exact) mass is 281 g/mol. The highest BCUT2D eigenvalue weighted by Crippen LogP contribution is 2.19. The van der Waals surface area contributed by atoms with Crippen molar-refractivity contribution in [2.75, 3.05) is 13.1 Å².